The van der Waals surface area contributed by atoms with Crippen LogP contribution in [0.5, 0.6) is 0 Å². The van der Waals surface area contributed by atoms with Crippen LogP contribution in [-0.4, -0.2) is 23.9 Å². The van der Waals surface area contributed by atoms with Crippen LogP contribution >= 0.6 is 0 Å². The zero-order valence-electron chi connectivity index (χ0n) is 16.6. The zero-order chi connectivity index (χ0) is 20.7. The molecule has 7 nitrogen and oxygen atoms in total. The zero-order valence-corrected chi connectivity index (χ0v) is 16.6. The van der Waals surface area contributed by atoms with E-state index in [0.29, 0.717) is 17.7 Å². The summed E-state index contributed by atoms with van der Waals surface area (Å²) in [7, 11) is 0. The maximum absolute atomic E-state index is 12.2. The summed E-state index contributed by atoms with van der Waals surface area (Å²) >= 11 is 0. The van der Waals surface area contributed by atoms with Gasteiger partial charge in [0.05, 0.1) is 0 Å². The summed E-state index contributed by atoms with van der Waals surface area (Å²) in [6.07, 6.45) is 0. The average Bonchev–Trinajstić information content (AvgIpc) is 2.64. The highest BCUT2D eigenvalue weighted by molar-refractivity contribution is 5.99. The lowest BCUT2D eigenvalue weighted by Gasteiger charge is -2.11. The Morgan fingerprint density at radius 1 is 0.893 bits per heavy atom. The van der Waals surface area contributed by atoms with E-state index < -0.39 is 5.91 Å². The summed E-state index contributed by atoms with van der Waals surface area (Å²) in [6, 6.07) is 12.1. The van der Waals surface area contributed by atoms with Crippen molar-refractivity contribution < 1.29 is 14.4 Å². The van der Waals surface area contributed by atoms with Crippen molar-refractivity contribution in [2.75, 3.05) is 0 Å². The Labute approximate surface area is 164 Å². The number of hydrogen-bond acceptors (Lipinski definition) is 3. The molecule has 0 saturated carbocycles. The van der Waals surface area contributed by atoms with Crippen molar-refractivity contribution in [3.63, 3.8) is 0 Å². The van der Waals surface area contributed by atoms with E-state index >= 15 is 0 Å². The van der Waals surface area contributed by atoms with Crippen molar-refractivity contribution in [1.82, 2.24) is 21.5 Å². The lowest BCUT2D eigenvalue weighted by atomic mass is 10.1. The predicted molar refractivity (Wildman–Crippen MR) is 108 cm³/mol. The number of urea groups is 1. The third-order valence-corrected chi connectivity index (χ3v) is 4.01. The third kappa shape index (κ3) is 6.12. The molecule has 148 valence electrons. The fourth-order valence-electron chi connectivity index (χ4n) is 2.59. The van der Waals surface area contributed by atoms with E-state index in [2.05, 4.69) is 21.5 Å². The van der Waals surface area contributed by atoms with Crippen molar-refractivity contribution in [1.29, 1.82) is 0 Å². The van der Waals surface area contributed by atoms with Crippen LogP contribution in [0.4, 0.5) is 4.79 Å². The summed E-state index contributed by atoms with van der Waals surface area (Å²) in [4.78, 5) is 36.0. The molecule has 0 saturated heterocycles. The molecule has 0 radical (unpaired) electrons. The summed E-state index contributed by atoms with van der Waals surface area (Å²) in [5, 5.41) is 5.47. The van der Waals surface area contributed by atoms with Gasteiger partial charge < -0.3 is 10.6 Å². The number of amides is 4. The molecule has 0 unspecified atom stereocenters. The quantitative estimate of drug-likeness (QED) is 0.598. The van der Waals surface area contributed by atoms with Crippen molar-refractivity contribution in [3.8, 4) is 0 Å². The topological polar surface area (TPSA) is 99.3 Å². The van der Waals surface area contributed by atoms with Crippen LogP contribution in [0.15, 0.2) is 42.5 Å². The molecule has 0 bridgehead atoms. The molecule has 0 fully saturated rings. The minimum atomic E-state index is -0.421. The lowest BCUT2D eigenvalue weighted by molar-refractivity contribution is 0.0846. The second-order valence-electron chi connectivity index (χ2n) is 6.91. The standard InChI is InChI=1S/C21H26N4O3/c1-13(2)23-21(28)22-12-16-6-8-17(9-7-16)19(26)24-25-20(27)18-10-5-14(3)11-15(18)4/h5-11,13H,12H2,1-4H3,(H,24,26)(H,25,27)(H2,22,23,28). The molecular weight excluding hydrogens is 356 g/mol. The van der Waals surface area contributed by atoms with Gasteiger partial charge in [0, 0.05) is 23.7 Å². The molecule has 2 aromatic rings. The highest BCUT2D eigenvalue weighted by atomic mass is 16.2. The first-order chi connectivity index (χ1) is 13.3. The van der Waals surface area contributed by atoms with Gasteiger partial charge in [0.25, 0.3) is 11.8 Å². The molecule has 0 atom stereocenters. The van der Waals surface area contributed by atoms with Crippen LogP contribution in [0.1, 0.15) is 51.3 Å². The number of aryl methyl sites for hydroxylation is 2. The second-order valence-corrected chi connectivity index (χ2v) is 6.91. The smallest absolute Gasteiger partial charge is 0.315 e. The highest BCUT2D eigenvalue weighted by Gasteiger charge is 2.11. The highest BCUT2D eigenvalue weighted by Crippen LogP contribution is 2.10. The number of carbonyl (C=O) groups is 3. The molecule has 2 aromatic carbocycles. The molecule has 0 aliphatic heterocycles. The van der Waals surface area contributed by atoms with Gasteiger partial charge in [-0.25, -0.2) is 4.79 Å². The first-order valence-corrected chi connectivity index (χ1v) is 9.07. The maximum Gasteiger partial charge on any atom is 0.315 e. The van der Waals surface area contributed by atoms with E-state index in [-0.39, 0.29) is 18.0 Å². The van der Waals surface area contributed by atoms with Crippen LogP contribution < -0.4 is 21.5 Å². The van der Waals surface area contributed by atoms with Gasteiger partial charge in [0.15, 0.2) is 0 Å². The van der Waals surface area contributed by atoms with Crippen LogP contribution in [0.3, 0.4) is 0 Å². The van der Waals surface area contributed by atoms with E-state index in [4.69, 9.17) is 0 Å². The molecule has 0 spiro atoms. The monoisotopic (exact) mass is 382 g/mol. The molecule has 2 rings (SSSR count). The fraction of sp³-hybridized carbons (Fsp3) is 0.286. The molecule has 28 heavy (non-hydrogen) atoms. The number of hydrazine groups is 1. The van der Waals surface area contributed by atoms with Crippen LogP contribution in [-0.2, 0) is 6.54 Å². The average molecular weight is 382 g/mol. The number of rotatable bonds is 5. The Morgan fingerprint density at radius 3 is 2.14 bits per heavy atom. The lowest BCUT2D eigenvalue weighted by Crippen LogP contribution is -2.41. The van der Waals surface area contributed by atoms with Gasteiger partial charge in [-0.1, -0.05) is 29.8 Å². The Hall–Kier alpha value is -3.35. The molecule has 0 aliphatic rings. The first-order valence-electron chi connectivity index (χ1n) is 9.07. The first kappa shape index (κ1) is 21.0. The largest absolute Gasteiger partial charge is 0.336 e. The SMILES string of the molecule is Cc1ccc(C(=O)NNC(=O)c2ccc(CNC(=O)NC(C)C)cc2)c(C)c1. The van der Waals surface area contributed by atoms with E-state index in [0.717, 1.165) is 16.7 Å². The number of nitrogens with one attached hydrogen (secondary N) is 4. The van der Waals surface area contributed by atoms with Gasteiger partial charge in [-0.2, -0.15) is 0 Å². The van der Waals surface area contributed by atoms with Gasteiger partial charge >= 0.3 is 6.03 Å². The number of hydrogen-bond donors (Lipinski definition) is 4. The Morgan fingerprint density at radius 2 is 1.54 bits per heavy atom. The summed E-state index contributed by atoms with van der Waals surface area (Å²) < 4.78 is 0. The van der Waals surface area contributed by atoms with Gasteiger partial charge in [0.2, 0.25) is 0 Å². The minimum Gasteiger partial charge on any atom is -0.336 e. The van der Waals surface area contributed by atoms with Crippen molar-refractivity contribution in [3.05, 3.63) is 70.3 Å². The van der Waals surface area contributed by atoms with Gasteiger partial charge in [-0.15, -0.1) is 0 Å². The molecule has 0 aromatic heterocycles. The fourth-order valence-corrected chi connectivity index (χ4v) is 2.59. The van der Waals surface area contributed by atoms with Crippen LogP contribution in [0.25, 0.3) is 0 Å². The van der Waals surface area contributed by atoms with Crippen LogP contribution in [0, 0.1) is 13.8 Å². The van der Waals surface area contributed by atoms with Gasteiger partial charge in [0.1, 0.15) is 0 Å². The predicted octanol–water partition coefficient (Wildman–Crippen LogP) is 2.59. The molecular formula is C21H26N4O3. The Kier molecular flexibility index (Phi) is 7.14. The van der Waals surface area contributed by atoms with E-state index in [1.54, 1.807) is 30.3 Å². The van der Waals surface area contributed by atoms with E-state index in [9.17, 15) is 14.4 Å². The second kappa shape index (κ2) is 9.55. The third-order valence-electron chi connectivity index (χ3n) is 4.01. The summed E-state index contributed by atoms with van der Waals surface area (Å²) in [6.45, 7) is 7.91. The van der Waals surface area contributed by atoms with E-state index in [1.807, 2.05) is 39.8 Å². The Bertz CT molecular complexity index is 860. The molecule has 0 aliphatic carbocycles. The molecule has 7 heteroatoms. The molecule has 4 amide bonds. The maximum atomic E-state index is 12.2. The minimum absolute atomic E-state index is 0.0602. The van der Waals surface area contributed by atoms with Gasteiger partial charge in [-0.05, 0) is 57.0 Å². The van der Waals surface area contributed by atoms with E-state index in [1.165, 1.54) is 0 Å². The van der Waals surface area contributed by atoms with Crippen molar-refractivity contribution >= 4 is 17.8 Å². The summed E-state index contributed by atoms with van der Waals surface area (Å²) in [5.41, 5.74) is 8.50. The Balaban J connectivity index is 1.87. The number of carbonyl (C=O) groups excluding carboxylic acids is 3. The molecule has 0 heterocycles. The normalized spacial score (nSPS) is 10.3. The number of benzene rings is 2. The van der Waals surface area contributed by atoms with Crippen LogP contribution in [0.2, 0.25) is 0 Å². The summed E-state index contributed by atoms with van der Waals surface area (Å²) in [5.74, 6) is -0.794. The molecule has 4 N–H and O–H groups in total. The van der Waals surface area contributed by atoms with Crippen molar-refractivity contribution in [2.24, 2.45) is 0 Å². The van der Waals surface area contributed by atoms with Gasteiger partial charge in [-0.3, -0.25) is 20.4 Å². The van der Waals surface area contributed by atoms with Crippen molar-refractivity contribution in [2.45, 2.75) is 40.3 Å².